The second kappa shape index (κ2) is 61.9. The number of unbranched alkanes of at least 4 members (excludes halogenated alkanes) is 14. The van der Waals surface area contributed by atoms with Crippen molar-refractivity contribution in [3.05, 3.63) is 138 Å². The summed E-state index contributed by atoms with van der Waals surface area (Å²) >= 11 is 0. The number of aromatic amines is 1. The minimum Gasteiger partial charge on any atom is -0.481 e. The van der Waals surface area contributed by atoms with Crippen LogP contribution in [0.3, 0.4) is 0 Å². The van der Waals surface area contributed by atoms with Crippen LogP contribution in [0.25, 0.3) is 10.9 Å². The zero-order chi connectivity index (χ0) is 95.7. The molecule has 0 radical (unpaired) electrons. The highest BCUT2D eigenvalue weighted by atomic mass is 32.3. The molecule has 0 saturated heterocycles. The summed E-state index contributed by atoms with van der Waals surface area (Å²) in [5, 5.41) is 66.3. The number of H-pyrrole nitrogens is 1. The van der Waals surface area contributed by atoms with Crippen LogP contribution in [0, 0.1) is 0 Å². The first kappa shape index (κ1) is 109. The summed E-state index contributed by atoms with van der Waals surface area (Å²) in [6, 6.07) is 15.8. The van der Waals surface area contributed by atoms with Crippen molar-refractivity contribution in [2.45, 2.75) is 229 Å². The van der Waals surface area contributed by atoms with Gasteiger partial charge in [-0.1, -0.05) is 188 Å². The van der Waals surface area contributed by atoms with Crippen LogP contribution in [-0.4, -0.2) is 254 Å². The highest BCUT2D eigenvalue weighted by Gasteiger charge is 2.36. The van der Waals surface area contributed by atoms with Crippen LogP contribution in [-0.2, 0) is 132 Å². The predicted octanol–water partition coefficient (Wildman–Crippen LogP) is 2.73. The Bertz CT molecular complexity index is 4580. The Balaban J connectivity index is 1.08. The number of benzene rings is 4. The Morgan fingerprint density at radius 3 is 1.30 bits per heavy atom. The number of nitrogens with one attached hydrogen (secondary N) is 12. The van der Waals surface area contributed by atoms with Gasteiger partial charge in [-0.05, 0) is 66.1 Å². The standard InChI is InChI=1S/C89H125N13O28S/c1-2-3-31-66(83(115)94-56-76(105)96-71(52-62-55-93-65-32-25-24-30-64(62)65)86(118)100-69(50-60-28-20-17-21-29-60)85(117)102-73(54-81(112)113)88(120)99-68(82(90)114)49-59-26-18-16-19-27-59)98-84(116)70(51-61-35-37-63(38-36-61)130-131(123,124)125)101-87(119)72(53-80(110)111)97-78(107)58-129-48-46-127-44-42-92-77(106)57-128-47-45-126-43-41-91-74(103)40-39-67(89(121)122)95-75(104)33-22-14-12-10-8-6-4-5-7-9-11-13-15-23-34-79(108)109/h16-21,24-30,32,35-38,55,66-73,93H,2-15,22-23,31,33-34,39-54,56-58H2,1H3,(H2,90,114)(H,91,103)(H,92,106)(H,94,115)(H,95,104)(H,96,105)(H,97,107)(H,98,116)(H,99,120)(H,100,118)(H,101,119)(H,102,117)(H,108,109)(H,110,111)(H,112,113)(H,121,122)(H,123,124,125)/t66-,67-,68-,69-,70-,71-,72-,73-/m0/s1. The van der Waals surface area contributed by atoms with Gasteiger partial charge in [0.2, 0.25) is 70.9 Å². The zero-order valence-corrected chi connectivity index (χ0v) is 74.4. The lowest BCUT2D eigenvalue weighted by Gasteiger charge is -2.26. The van der Waals surface area contributed by atoms with Gasteiger partial charge in [-0.3, -0.25) is 76.5 Å². The van der Waals surface area contributed by atoms with Gasteiger partial charge in [0.1, 0.15) is 67.3 Å². The lowest BCUT2D eigenvalue weighted by atomic mass is 10.0. The number of carboxylic acid groups (broad SMARTS) is 4. The number of fused-ring (bicyclic) bond motifs is 1. The van der Waals surface area contributed by atoms with E-state index in [1.165, 1.54) is 37.8 Å². The average molecular weight is 1860 g/mol. The van der Waals surface area contributed by atoms with Gasteiger partial charge in [-0.2, -0.15) is 8.42 Å². The number of carbonyl (C=O) groups excluding carboxylic acids is 12. The van der Waals surface area contributed by atoms with Gasteiger partial charge in [-0.15, -0.1) is 0 Å². The zero-order valence-electron chi connectivity index (χ0n) is 73.6. The molecule has 0 aliphatic carbocycles. The molecular formula is C89H125N13O28S. The van der Waals surface area contributed by atoms with Crippen molar-refractivity contribution < 1.29 is 133 Å². The smallest absolute Gasteiger partial charge is 0.446 e. The van der Waals surface area contributed by atoms with Crippen molar-refractivity contribution >= 4 is 116 Å². The van der Waals surface area contributed by atoms with E-state index in [1.54, 1.807) is 98.0 Å². The molecule has 131 heavy (non-hydrogen) atoms. The minimum atomic E-state index is -5.00. The van der Waals surface area contributed by atoms with Crippen LogP contribution in [0.1, 0.15) is 177 Å². The molecule has 1 heterocycles. The quantitative estimate of drug-likeness (QED) is 0.0196. The largest absolute Gasteiger partial charge is 0.481 e. The van der Waals surface area contributed by atoms with Crippen LogP contribution in [0.2, 0.25) is 0 Å². The fourth-order valence-electron chi connectivity index (χ4n) is 13.6. The highest BCUT2D eigenvalue weighted by molar-refractivity contribution is 7.81. The van der Waals surface area contributed by atoms with Crippen LogP contribution in [0.4, 0.5) is 0 Å². The van der Waals surface area contributed by atoms with Crippen LogP contribution in [0.15, 0.2) is 115 Å². The molecule has 19 N–H and O–H groups in total. The number of ether oxygens (including phenoxy) is 4. The summed E-state index contributed by atoms with van der Waals surface area (Å²) in [5.41, 5.74) is 8.07. The summed E-state index contributed by atoms with van der Waals surface area (Å²) in [5.74, 6) is -16.0. The first-order valence-corrected chi connectivity index (χ1v) is 45.2. The Labute approximate surface area is 759 Å². The fourth-order valence-corrected chi connectivity index (χ4v) is 14.0. The molecule has 0 aliphatic heterocycles. The van der Waals surface area contributed by atoms with Crippen molar-refractivity contribution in [1.29, 1.82) is 0 Å². The van der Waals surface area contributed by atoms with E-state index < -0.39 is 186 Å². The van der Waals surface area contributed by atoms with Gasteiger partial charge >= 0.3 is 34.3 Å². The van der Waals surface area contributed by atoms with Gasteiger partial charge in [0, 0.05) is 75.1 Å². The molecule has 0 aliphatic rings. The Morgan fingerprint density at radius 1 is 0.374 bits per heavy atom. The number of carbonyl (C=O) groups is 16. The predicted molar refractivity (Wildman–Crippen MR) is 474 cm³/mol. The Kier molecular flexibility index (Phi) is 51.5. The molecule has 1 aromatic heterocycles. The number of nitrogens with two attached hydrogens (primary N) is 1. The fraction of sp³-hybridized carbons (Fsp3) is 0.528. The minimum absolute atomic E-state index is 0.0121. The number of carboxylic acids is 4. The molecule has 12 amide bonds. The van der Waals surface area contributed by atoms with Crippen molar-refractivity contribution in [3.8, 4) is 5.75 Å². The van der Waals surface area contributed by atoms with Gasteiger partial charge in [-0.25, -0.2) is 4.79 Å². The first-order chi connectivity index (χ1) is 62.7. The third kappa shape index (κ3) is 47.6. The van der Waals surface area contributed by atoms with Gasteiger partial charge in [0.05, 0.1) is 59.0 Å². The lowest BCUT2D eigenvalue weighted by Crippen LogP contribution is -2.60. The van der Waals surface area contributed by atoms with E-state index in [0.717, 1.165) is 69.9 Å². The summed E-state index contributed by atoms with van der Waals surface area (Å²) in [6.07, 6.45) is 13.7. The molecule has 0 fully saturated rings. The lowest BCUT2D eigenvalue weighted by molar-refractivity contribution is -0.142. The van der Waals surface area contributed by atoms with Crippen LogP contribution < -0.4 is 68.4 Å². The molecule has 42 heteroatoms. The Hall–Kier alpha value is -12.5. The van der Waals surface area contributed by atoms with E-state index in [-0.39, 0.29) is 128 Å². The number of rotatable bonds is 71. The van der Waals surface area contributed by atoms with Gasteiger partial charge in [0.15, 0.2) is 0 Å². The van der Waals surface area contributed by atoms with E-state index in [4.69, 9.17) is 29.8 Å². The number of hydrogen-bond acceptors (Lipinski definition) is 23. The van der Waals surface area contributed by atoms with Crippen molar-refractivity contribution in [3.63, 3.8) is 0 Å². The number of amides is 12. The van der Waals surface area contributed by atoms with Crippen molar-refractivity contribution in [2.24, 2.45) is 5.73 Å². The first-order valence-electron chi connectivity index (χ1n) is 43.8. The van der Waals surface area contributed by atoms with Crippen molar-refractivity contribution in [2.75, 3.05) is 72.5 Å². The molecule has 0 unspecified atom stereocenters. The molecule has 8 atom stereocenters. The number of aromatic nitrogens is 1. The third-order valence-electron chi connectivity index (χ3n) is 20.4. The summed E-state index contributed by atoms with van der Waals surface area (Å²) < 4.78 is 58.4. The maximum Gasteiger partial charge on any atom is 0.446 e. The summed E-state index contributed by atoms with van der Waals surface area (Å²) in [4.78, 5) is 213. The monoisotopic (exact) mass is 1860 g/mol. The number of primary amides is 1. The molecule has 5 aromatic rings. The van der Waals surface area contributed by atoms with Crippen molar-refractivity contribution in [1.82, 2.24) is 63.5 Å². The van der Waals surface area contributed by atoms with E-state index in [9.17, 15) is 105 Å². The summed E-state index contributed by atoms with van der Waals surface area (Å²) in [6.45, 7) is -0.159. The second-order valence-corrected chi connectivity index (χ2v) is 32.2. The van der Waals surface area contributed by atoms with E-state index in [1.807, 2.05) is 0 Å². The molecular weight excluding hydrogens is 1730 g/mol. The van der Waals surface area contributed by atoms with Crippen LogP contribution >= 0.6 is 0 Å². The van der Waals surface area contributed by atoms with E-state index in [0.29, 0.717) is 40.4 Å². The SMILES string of the molecule is CCCC[C@H](NC(=O)[C@H](Cc1ccc(OS(=O)(=O)O)cc1)NC(=O)[C@H](CC(=O)O)NC(=O)COCCOCCNC(=O)COCCOCCNC(=O)CC[C@H](NC(=O)CCCCCCCCCCCCCCCCC(=O)O)C(=O)O)C(=O)NCC(=O)N[C@@H](Cc1c[nH]c2ccccc12)C(=O)N[C@@H](Cc1ccccc1)C(=O)N[C@@H](CC(=O)O)C(=O)N[C@@H](Cc1ccccc1)C(N)=O. The molecule has 5 rings (SSSR count). The molecule has 4 aromatic carbocycles. The van der Waals surface area contributed by atoms with Gasteiger partial charge < -0.3 is 113 Å². The molecule has 720 valence electrons. The molecule has 0 bridgehead atoms. The number of para-hydroxylation sites is 1. The molecule has 0 saturated carbocycles. The molecule has 0 spiro atoms. The van der Waals surface area contributed by atoms with Crippen LogP contribution in [0.5, 0.6) is 5.75 Å². The summed E-state index contributed by atoms with van der Waals surface area (Å²) in [7, 11) is -5.00. The van der Waals surface area contributed by atoms with Gasteiger partial charge in [0.25, 0.3) is 0 Å². The molecule has 41 nitrogen and oxygen atoms in total. The van der Waals surface area contributed by atoms with E-state index >= 15 is 0 Å². The number of aliphatic carboxylic acids is 4. The Morgan fingerprint density at radius 2 is 0.794 bits per heavy atom. The number of hydrogen-bond donors (Lipinski definition) is 18. The third-order valence-corrected chi connectivity index (χ3v) is 20.8. The maximum atomic E-state index is 14.8. The normalized spacial score (nSPS) is 13.0. The van der Waals surface area contributed by atoms with E-state index in [2.05, 4.69) is 67.7 Å². The second-order valence-electron chi connectivity index (χ2n) is 31.2. The topological polar surface area (TPSA) is 629 Å². The average Bonchev–Trinajstić information content (AvgIpc) is 1.36. The highest BCUT2D eigenvalue weighted by Crippen LogP contribution is 2.22. The maximum absolute atomic E-state index is 14.8.